The van der Waals surface area contributed by atoms with E-state index in [2.05, 4.69) is 34.1 Å². The molecular formula is C14H11BrN2. The van der Waals surface area contributed by atoms with Gasteiger partial charge in [-0.15, -0.1) is 0 Å². The molecule has 0 amide bonds. The van der Waals surface area contributed by atoms with Crippen molar-refractivity contribution in [3.8, 4) is 0 Å². The summed E-state index contributed by atoms with van der Waals surface area (Å²) in [4.78, 5) is 0. The second kappa shape index (κ2) is 3.64. The molecule has 0 unspecified atom stereocenters. The lowest BCUT2D eigenvalue weighted by atomic mass is 10.0. The van der Waals surface area contributed by atoms with Crippen LogP contribution < -0.4 is 11.5 Å². The minimum Gasteiger partial charge on any atom is -0.397 e. The highest BCUT2D eigenvalue weighted by Gasteiger charge is 2.09. The largest absolute Gasteiger partial charge is 0.397 e. The molecule has 0 aliphatic carbocycles. The molecule has 0 bridgehead atoms. The Morgan fingerprint density at radius 3 is 2.47 bits per heavy atom. The number of hydrogen-bond donors (Lipinski definition) is 2. The molecule has 0 saturated heterocycles. The molecule has 3 aromatic carbocycles. The van der Waals surface area contributed by atoms with Gasteiger partial charge >= 0.3 is 0 Å². The first-order valence-corrected chi connectivity index (χ1v) is 6.12. The van der Waals surface area contributed by atoms with E-state index in [4.69, 9.17) is 11.5 Å². The van der Waals surface area contributed by atoms with Crippen LogP contribution in [0.25, 0.3) is 21.5 Å². The van der Waals surface area contributed by atoms with E-state index in [1.165, 1.54) is 10.8 Å². The van der Waals surface area contributed by atoms with E-state index in [0.717, 1.165) is 15.2 Å². The number of benzene rings is 3. The second-order valence-corrected chi connectivity index (χ2v) is 4.92. The van der Waals surface area contributed by atoms with Gasteiger partial charge in [-0.1, -0.05) is 52.3 Å². The van der Waals surface area contributed by atoms with Gasteiger partial charge in [-0.05, 0) is 16.8 Å². The first-order valence-electron chi connectivity index (χ1n) is 5.33. The zero-order valence-corrected chi connectivity index (χ0v) is 10.7. The zero-order chi connectivity index (χ0) is 12.0. The van der Waals surface area contributed by atoms with Crippen LogP contribution in [0.3, 0.4) is 0 Å². The van der Waals surface area contributed by atoms with E-state index in [1.807, 2.05) is 24.3 Å². The van der Waals surface area contributed by atoms with Crippen LogP contribution in [-0.4, -0.2) is 0 Å². The van der Waals surface area contributed by atoms with E-state index in [-0.39, 0.29) is 0 Å². The number of nitrogens with two attached hydrogens (primary N) is 2. The Morgan fingerprint density at radius 2 is 1.65 bits per heavy atom. The Hall–Kier alpha value is -1.74. The number of halogens is 1. The van der Waals surface area contributed by atoms with Crippen LogP contribution in [-0.2, 0) is 0 Å². The van der Waals surface area contributed by atoms with Crippen LogP contribution in [0.2, 0.25) is 0 Å². The molecule has 0 atom stereocenters. The van der Waals surface area contributed by atoms with Gasteiger partial charge in [0.15, 0.2) is 0 Å². The van der Waals surface area contributed by atoms with Crippen LogP contribution in [0.4, 0.5) is 11.4 Å². The molecule has 0 spiro atoms. The molecule has 3 aromatic rings. The molecule has 0 heterocycles. The summed E-state index contributed by atoms with van der Waals surface area (Å²) in [6, 6.07) is 14.2. The lowest BCUT2D eigenvalue weighted by molar-refractivity contribution is 1.69. The van der Waals surface area contributed by atoms with Gasteiger partial charge in [0.1, 0.15) is 0 Å². The number of nitrogen functional groups attached to an aromatic ring is 2. The first kappa shape index (κ1) is 10.4. The summed E-state index contributed by atoms with van der Waals surface area (Å²) in [6.45, 7) is 0. The Kier molecular flexibility index (Phi) is 2.23. The third-order valence-corrected chi connectivity index (χ3v) is 3.68. The lowest BCUT2D eigenvalue weighted by Gasteiger charge is -2.10. The van der Waals surface area contributed by atoms with Gasteiger partial charge in [-0.3, -0.25) is 0 Å². The Bertz CT molecular complexity index is 735. The Balaban J connectivity index is 2.63. The maximum absolute atomic E-state index is 6.03. The summed E-state index contributed by atoms with van der Waals surface area (Å²) in [6.07, 6.45) is 0. The predicted octanol–water partition coefficient (Wildman–Crippen LogP) is 3.92. The van der Waals surface area contributed by atoms with E-state index < -0.39 is 0 Å². The molecule has 0 aromatic heterocycles. The third kappa shape index (κ3) is 1.46. The van der Waals surface area contributed by atoms with Crippen LogP contribution in [0.15, 0.2) is 46.9 Å². The van der Waals surface area contributed by atoms with Crippen LogP contribution in [0.1, 0.15) is 0 Å². The number of anilines is 2. The van der Waals surface area contributed by atoms with Crippen molar-refractivity contribution in [2.45, 2.75) is 0 Å². The summed E-state index contributed by atoms with van der Waals surface area (Å²) < 4.78 is 0.982. The van der Waals surface area contributed by atoms with Gasteiger partial charge in [0.25, 0.3) is 0 Å². The monoisotopic (exact) mass is 286 g/mol. The van der Waals surface area contributed by atoms with E-state index >= 15 is 0 Å². The molecule has 0 aliphatic rings. The van der Waals surface area contributed by atoms with Gasteiger partial charge in [0, 0.05) is 15.2 Å². The van der Waals surface area contributed by atoms with Gasteiger partial charge in [0.2, 0.25) is 0 Å². The van der Waals surface area contributed by atoms with E-state index in [0.29, 0.717) is 11.4 Å². The van der Waals surface area contributed by atoms with Crippen molar-refractivity contribution in [2.75, 3.05) is 11.5 Å². The maximum Gasteiger partial charge on any atom is 0.0628 e. The smallest absolute Gasteiger partial charge is 0.0628 e. The van der Waals surface area contributed by atoms with Crippen molar-refractivity contribution in [1.82, 2.24) is 0 Å². The quantitative estimate of drug-likeness (QED) is 0.486. The first-order chi connectivity index (χ1) is 8.18. The molecule has 3 heteroatoms. The summed E-state index contributed by atoms with van der Waals surface area (Å²) >= 11 is 3.57. The van der Waals surface area contributed by atoms with Gasteiger partial charge in [-0.25, -0.2) is 0 Å². The van der Waals surface area contributed by atoms with Crippen molar-refractivity contribution >= 4 is 48.8 Å². The topological polar surface area (TPSA) is 52.0 Å². The van der Waals surface area contributed by atoms with Gasteiger partial charge < -0.3 is 11.5 Å². The van der Waals surface area contributed by atoms with Crippen molar-refractivity contribution in [2.24, 2.45) is 0 Å². The molecule has 0 aliphatic heterocycles. The second-order valence-electron chi connectivity index (χ2n) is 4.07. The Morgan fingerprint density at radius 1 is 0.882 bits per heavy atom. The summed E-state index contributed by atoms with van der Waals surface area (Å²) in [5.41, 5.74) is 13.2. The molecule has 4 N–H and O–H groups in total. The highest BCUT2D eigenvalue weighted by Crippen LogP contribution is 2.37. The average Bonchev–Trinajstić information content (AvgIpc) is 2.35. The molecule has 0 fully saturated rings. The fourth-order valence-electron chi connectivity index (χ4n) is 2.20. The summed E-state index contributed by atoms with van der Waals surface area (Å²) in [7, 11) is 0. The molecule has 84 valence electrons. The molecule has 0 saturated carbocycles. The van der Waals surface area contributed by atoms with Crippen molar-refractivity contribution in [1.29, 1.82) is 0 Å². The average molecular weight is 287 g/mol. The molecule has 0 radical (unpaired) electrons. The third-order valence-electron chi connectivity index (χ3n) is 3.05. The van der Waals surface area contributed by atoms with Crippen LogP contribution in [0.5, 0.6) is 0 Å². The molecule has 3 rings (SSSR count). The Labute approximate surface area is 107 Å². The maximum atomic E-state index is 6.03. The minimum absolute atomic E-state index is 0.611. The number of rotatable bonds is 0. The van der Waals surface area contributed by atoms with Crippen molar-refractivity contribution in [3.05, 3.63) is 46.9 Å². The van der Waals surface area contributed by atoms with E-state index in [9.17, 15) is 0 Å². The zero-order valence-electron chi connectivity index (χ0n) is 9.07. The summed E-state index contributed by atoms with van der Waals surface area (Å²) in [5, 5.41) is 4.50. The summed E-state index contributed by atoms with van der Waals surface area (Å²) in [5.74, 6) is 0. The van der Waals surface area contributed by atoms with E-state index in [1.54, 1.807) is 0 Å². The molecule has 2 nitrogen and oxygen atoms in total. The molecule has 17 heavy (non-hydrogen) atoms. The van der Waals surface area contributed by atoms with Crippen molar-refractivity contribution in [3.63, 3.8) is 0 Å². The lowest BCUT2D eigenvalue weighted by Crippen LogP contribution is -1.96. The van der Waals surface area contributed by atoms with Crippen LogP contribution >= 0.6 is 15.9 Å². The number of fused-ring (bicyclic) bond motifs is 3. The normalized spacial score (nSPS) is 11.1. The van der Waals surface area contributed by atoms with Gasteiger partial charge in [0.05, 0.1) is 11.4 Å². The van der Waals surface area contributed by atoms with Crippen molar-refractivity contribution < 1.29 is 0 Å². The van der Waals surface area contributed by atoms with Gasteiger partial charge in [-0.2, -0.15) is 0 Å². The predicted molar refractivity (Wildman–Crippen MR) is 78.0 cm³/mol. The minimum atomic E-state index is 0.611. The fourth-order valence-corrected chi connectivity index (χ4v) is 2.87. The van der Waals surface area contributed by atoms with Crippen LogP contribution in [0, 0.1) is 0 Å². The highest BCUT2D eigenvalue weighted by molar-refractivity contribution is 9.10. The SMILES string of the molecule is Nc1cc(Br)c2c(ccc3ccccc32)c1N. The standard InChI is InChI=1S/C14H11BrN2/c15-11-7-12(16)14(17)10-6-5-8-3-1-2-4-9(8)13(10)11/h1-7H,16-17H2. The number of hydrogen-bond acceptors (Lipinski definition) is 2. The highest BCUT2D eigenvalue weighted by atomic mass is 79.9. The molecular weight excluding hydrogens is 276 g/mol. The fraction of sp³-hybridized carbons (Fsp3) is 0.